The second-order valence-electron chi connectivity index (χ2n) is 2.13. The normalized spacial score (nSPS) is 10.0. The lowest BCUT2D eigenvalue weighted by Crippen LogP contribution is -2.33. The summed E-state index contributed by atoms with van der Waals surface area (Å²) in [7, 11) is -1.80. The Morgan fingerprint density at radius 2 is 2.25 bits per heavy atom. The Morgan fingerprint density at radius 3 is 2.75 bits per heavy atom. The van der Waals surface area contributed by atoms with E-state index in [0.717, 1.165) is 0 Å². The van der Waals surface area contributed by atoms with Crippen LogP contribution >= 0.6 is 11.8 Å². The van der Waals surface area contributed by atoms with E-state index in [-0.39, 0.29) is 5.46 Å². The molecule has 0 radical (unpaired) electrons. The number of thioether (sulfide) groups is 1. The van der Waals surface area contributed by atoms with Gasteiger partial charge >= 0.3 is 7.12 Å². The van der Waals surface area contributed by atoms with Crippen LogP contribution < -0.4 is 5.46 Å². The van der Waals surface area contributed by atoms with E-state index in [4.69, 9.17) is 10.0 Å². The fourth-order valence-corrected chi connectivity index (χ4v) is 1.14. The summed E-state index contributed by atoms with van der Waals surface area (Å²) in [5.74, 6) is -0.845. The molecule has 0 unspecified atom stereocenters. The van der Waals surface area contributed by atoms with Crippen molar-refractivity contribution in [2.75, 3.05) is 6.26 Å². The van der Waals surface area contributed by atoms with E-state index in [1.807, 2.05) is 0 Å². The first-order valence-corrected chi connectivity index (χ1v) is 4.43. The molecule has 0 aliphatic heterocycles. The van der Waals surface area contributed by atoms with Crippen LogP contribution in [0.1, 0.15) is 0 Å². The second-order valence-corrected chi connectivity index (χ2v) is 3.01. The zero-order valence-electron chi connectivity index (χ0n) is 6.36. The molecule has 1 heterocycles. The Morgan fingerprint density at radius 1 is 1.58 bits per heavy atom. The van der Waals surface area contributed by atoms with Crippen LogP contribution in [0.2, 0.25) is 0 Å². The Kier molecular flexibility index (Phi) is 3.08. The molecule has 1 aromatic heterocycles. The summed E-state index contributed by atoms with van der Waals surface area (Å²) in [6.07, 6.45) is 3.13. The highest BCUT2D eigenvalue weighted by atomic mass is 32.2. The summed E-state index contributed by atoms with van der Waals surface area (Å²) in [6.45, 7) is 0. The summed E-state index contributed by atoms with van der Waals surface area (Å²) >= 11 is 1.36. The van der Waals surface area contributed by atoms with Gasteiger partial charge in [-0.2, -0.15) is 4.39 Å². The predicted octanol–water partition coefficient (Wildman–Crippen LogP) is -0.378. The molecule has 0 saturated heterocycles. The molecule has 2 N–H and O–H groups in total. The Bertz CT molecular complexity index is 284. The maximum absolute atomic E-state index is 12.7. The zero-order valence-corrected chi connectivity index (χ0v) is 7.18. The minimum atomic E-state index is -1.80. The summed E-state index contributed by atoms with van der Waals surface area (Å²) in [6, 6.07) is 1.36. The second kappa shape index (κ2) is 3.89. The van der Waals surface area contributed by atoms with Gasteiger partial charge in [0.1, 0.15) is 0 Å². The molecule has 0 fully saturated rings. The van der Waals surface area contributed by atoms with Gasteiger partial charge < -0.3 is 10.0 Å². The van der Waals surface area contributed by atoms with Gasteiger partial charge in [-0.25, -0.2) is 4.98 Å². The summed E-state index contributed by atoms with van der Waals surface area (Å²) in [5.41, 5.74) is -0.193. The van der Waals surface area contributed by atoms with Crippen LogP contribution in [-0.2, 0) is 0 Å². The van der Waals surface area contributed by atoms with Gasteiger partial charge in [0.2, 0.25) is 5.95 Å². The number of hydrogen-bond donors (Lipinski definition) is 2. The largest absolute Gasteiger partial charge is 0.493 e. The molecule has 0 atom stereocenters. The molecule has 0 amide bonds. The third-order valence-electron chi connectivity index (χ3n) is 1.35. The van der Waals surface area contributed by atoms with E-state index in [2.05, 4.69) is 4.98 Å². The first-order chi connectivity index (χ1) is 5.65. The maximum Gasteiger partial charge on any atom is 0.493 e. The number of halogens is 1. The number of rotatable bonds is 2. The smallest absolute Gasteiger partial charge is 0.423 e. The van der Waals surface area contributed by atoms with Crippen LogP contribution in [0.5, 0.6) is 0 Å². The van der Waals surface area contributed by atoms with Gasteiger partial charge in [-0.1, -0.05) is 0 Å². The van der Waals surface area contributed by atoms with E-state index in [1.165, 1.54) is 24.0 Å². The molecular weight excluding hydrogens is 180 g/mol. The number of pyridine rings is 1. The minimum absolute atomic E-state index is 0.193. The van der Waals surface area contributed by atoms with Crippen LogP contribution in [-0.4, -0.2) is 28.4 Å². The van der Waals surface area contributed by atoms with Crippen LogP contribution in [0.25, 0.3) is 0 Å². The van der Waals surface area contributed by atoms with Gasteiger partial charge in [-0.3, -0.25) is 0 Å². The van der Waals surface area contributed by atoms with E-state index >= 15 is 0 Å². The van der Waals surface area contributed by atoms with Crippen LogP contribution in [0.3, 0.4) is 0 Å². The average Bonchev–Trinajstić information content (AvgIpc) is 2.05. The highest BCUT2D eigenvalue weighted by Gasteiger charge is 2.17. The topological polar surface area (TPSA) is 53.4 Å². The van der Waals surface area contributed by atoms with Gasteiger partial charge in [0.15, 0.2) is 0 Å². The zero-order chi connectivity index (χ0) is 9.14. The van der Waals surface area contributed by atoms with Gasteiger partial charge in [-0.15, -0.1) is 11.8 Å². The van der Waals surface area contributed by atoms with Crippen LogP contribution in [0.15, 0.2) is 17.2 Å². The fourth-order valence-electron chi connectivity index (χ4n) is 0.738. The van der Waals surface area contributed by atoms with Gasteiger partial charge in [0.25, 0.3) is 0 Å². The molecule has 1 rings (SSSR count). The van der Waals surface area contributed by atoms with Crippen molar-refractivity contribution in [2.45, 2.75) is 4.90 Å². The lowest BCUT2D eigenvalue weighted by molar-refractivity contribution is 0.421. The van der Waals surface area contributed by atoms with E-state index < -0.39 is 13.1 Å². The molecule has 0 spiro atoms. The molecule has 1 aromatic rings. The lowest BCUT2D eigenvalue weighted by atomic mass is 9.81. The van der Waals surface area contributed by atoms with Crippen molar-refractivity contribution in [3.8, 4) is 0 Å². The van der Waals surface area contributed by atoms with Gasteiger partial charge in [0.05, 0.1) is 0 Å². The summed E-state index contributed by atoms with van der Waals surface area (Å²) in [4.78, 5) is 4.06. The van der Waals surface area contributed by atoms with Crippen LogP contribution in [0, 0.1) is 5.95 Å². The molecule has 0 aliphatic carbocycles. The van der Waals surface area contributed by atoms with E-state index in [0.29, 0.717) is 4.90 Å². The molecule has 64 valence electrons. The molecular formula is C6H7BFNO2S. The SMILES string of the molecule is CSc1cnc(F)c(B(O)O)c1. The molecule has 0 aromatic carbocycles. The fraction of sp³-hybridized carbons (Fsp3) is 0.167. The van der Waals surface area contributed by atoms with Gasteiger partial charge in [0, 0.05) is 16.6 Å². The van der Waals surface area contributed by atoms with Gasteiger partial charge in [-0.05, 0) is 12.3 Å². The van der Waals surface area contributed by atoms with E-state index in [1.54, 1.807) is 6.26 Å². The highest BCUT2D eigenvalue weighted by Crippen LogP contribution is 2.11. The third-order valence-corrected chi connectivity index (χ3v) is 2.05. The van der Waals surface area contributed by atoms with Crippen molar-refractivity contribution in [1.82, 2.24) is 4.98 Å². The first-order valence-electron chi connectivity index (χ1n) is 3.20. The van der Waals surface area contributed by atoms with Crippen molar-refractivity contribution in [2.24, 2.45) is 0 Å². The van der Waals surface area contributed by atoms with Crippen molar-refractivity contribution in [3.05, 3.63) is 18.2 Å². The minimum Gasteiger partial charge on any atom is -0.423 e. The lowest BCUT2D eigenvalue weighted by Gasteiger charge is -2.01. The maximum atomic E-state index is 12.7. The van der Waals surface area contributed by atoms with Crippen molar-refractivity contribution in [3.63, 3.8) is 0 Å². The number of nitrogens with zero attached hydrogens (tertiary/aromatic N) is 1. The standard InChI is InChI=1S/C6H7BFNO2S/c1-12-4-2-5(7(10)11)6(8)9-3-4/h2-3,10-11H,1H3. The summed E-state index contributed by atoms with van der Waals surface area (Å²) in [5, 5.41) is 17.4. The molecule has 0 saturated carbocycles. The molecule has 6 heteroatoms. The third kappa shape index (κ3) is 1.97. The summed E-state index contributed by atoms with van der Waals surface area (Å²) < 4.78 is 12.7. The average molecular weight is 187 g/mol. The Labute approximate surface area is 73.8 Å². The van der Waals surface area contributed by atoms with E-state index in [9.17, 15) is 4.39 Å². The quantitative estimate of drug-likeness (QED) is 0.376. The van der Waals surface area contributed by atoms with Crippen LogP contribution in [0.4, 0.5) is 4.39 Å². The highest BCUT2D eigenvalue weighted by molar-refractivity contribution is 7.98. The van der Waals surface area contributed by atoms with Crippen molar-refractivity contribution >= 4 is 24.3 Å². The molecule has 0 aliphatic rings. The molecule has 3 nitrogen and oxygen atoms in total. The monoisotopic (exact) mass is 187 g/mol. The predicted molar refractivity (Wildman–Crippen MR) is 45.8 cm³/mol. The van der Waals surface area contributed by atoms with Crippen molar-refractivity contribution < 1.29 is 14.4 Å². The Hall–Kier alpha value is -0.585. The first kappa shape index (κ1) is 9.50. The number of hydrogen-bond acceptors (Lipinski definition) is 4. The Balaban J connectivity index is 3.08. The molecule has 0 bridgehead atoms. The number of aromatic nitrogens is 1. The molecule has 12 heavy (non-hydrogen) atoms. The van der Waals surface area contributed by atoms with Crippen molar-refractivity contribution in [1.29, 1.82) is 0 Å².